The zero-order valence-electron chi connectivity index (χ0n) is 17.6. The largest absolute Gasteiger partial charge is 0.458 e. The molecule has 0 aliphatic heterocycles. The first-order valence-corrected chi connectivity index (χ1v) is 10.2. The summed E-state index contributed by atoms with van der Waals surface area (Å²) in [5, 5.41) is 0. The fraction of sp³-hybridized carbons (Fsp3) is 0.696. The summed E-state index contributed by atoms with van der Waals surface area (Å²) < 4.78 is 11.0. The predicted molar refractivity (Wildman–Crippen MR) is 111 cm³/mol. The van der Waals surface area contributed by atoms with Crippen molar-refractivity contribution in [3.63, 3.8) is 0 Å². The zero-order chi connectivity index (χ0) is 19.7. The van der Waals surface area contributed by atoms with Gasteiger partial charge in [0.2, 0.25) is 0 Å². The summed E-state index contributed by atoms with van der Waals surface area (Å²) in [4.78, 5) is 12.0. The summed E-state index contributed by atoms with van der Waals surface area (Å²) in [5.74, 6) is -0.269. The van der Waals surface area contributed by atoms with Gasteiger partial charge in [-0.05, 0) is 59.3 Å². The molecule has 0 aliphatic rings. The summed E-state index contributed by atoms with van der Waals surface area (Å²) in [6.07, 6.45) is 21.2. The quantitative estimate of drug-likeness (QED) is 0.199. The SMILES string of the molecule is CCCCC/C=C\C/C=C\C/C=C\CCOC(CC)C(=O)OC(C)(C)C. The first-order valence-electron chi connectivity index (χ1n) is 10.2. The molecule has 0 saturated carbocycles. The molecule has 0 fully saturated rings. The summed E-state index contributed by atoms with van der Waals surface area (Å²) >= 11 is 0. The molecule has 3 nitrogen and oxygen atoms in total. The van der Waals surface area contributed by atoms with Gasteiger partial charge in [0.1, 0.15) is 5.60 Å². The molecule has 0 aromatic rings. The van der Waals surface area contributed by atoms with Crippen molar-refractivity contribution >= 4 is 5.97 Å². The van der Waals surface area contributed by atoms with Crippen LogP contribution in [-0.4, -0.2) is 24.3 Å². The van der Waals surface area contributed by atoms with E-state index < -0.39 is 11.7 Å². The molecule has 150 valence electrons. The van der Waals surface area contributed by atoms with Crippen molar-refractivity contribution in [1.29, 1.82) is 0 Å². The van der Waals surface area contributed by atoms with Crippen LogP contribution in [0.5, 0.6) is 0 Å². The molecule has 0 amide bonds. The summed E-state index contributed by atoms with van der Waals surface area (Å²) in [6, 6.07) is 0. The van der Waals surface area contributed by atoms with Crippen molar-refractivity contribution in [2.24, 2.45) is 0 Å². The van der Waals surface area contributed by atoms with Gasteiger partial charge >= 0.3 is 5.97 Å². The maximum Gasteiger partial charge on any atom is 0.335 e. The van der Waals surface area contributed by atoms with Gasteiger partial charge in [-0.1, -0.05) is 63.1 Å². The van der Waals surface area contributed by atoms with Crippen molar-refractivity contribution in [1.82, 2.24) is 0 Å². The van der Waals surface area contributed by atoms with Crippen LogP contribution >= 0.6 is 0 Å². The van der Waals surface area contributed by atoms with Crippen molar-refractivity contribution in [2.45, 2.75) is 97.7 Å². The van der Waals surface area contributed by atoms with Crippen LogP contribution in [0.15, 0.2) is 36.5 Å². The third-order valence-electron chi connectivity index (χ3n) is 3.66. The number of hydrogen-bond donors (Lipinski definition) is 0. The second-order valence-electron chi connectivity index (χ2n) is 7.47. The first kappa shape index (κ1) is 24.7. The molecule has 0 radical (unpaired) electrons. The van der Waals surface area contributed by atoms with Crippen LogP contribution in [0.4, 0.5) is 0 Å². The Bertz CT molecular complexity index is 427. The maximum absolute atomic E-state index is 12.0. The zero-order valence-corrected chi connectivity index (χ0v) is 17.6. The molecule has 0 saturated heterocycles. The van der Waals surface area contributed by atoms with Gasteiger partial charge in [0, 0.05) is 0 Å². The number of carbonyl (C=O) groups excluding carboxylic acids is 1. The Morgan fingerprint density at radius 1 is 0.885 bits per heavy atom. The molecule has 1 unspecified atom stereocenters. The Balaban J connectivity index is 3.76. The Labute approximate surface area is 161 Å². The fourth-order valence-corrected chi connectivity index (χ4v) is 2.29. The highest BCUT2D eigenvalue weighted by molar-refractivity contribution is 5.75. The lowest BCUT2D eigenvalue weighted by atomic mass is 10.2. The molecule has 0 rings (SSSR count). The standard InChI is InChI=1S/C23H40O3/c1-6-8-9-10-11-12-13-14-15-16-17-18-19-20-25-21(7-2)22(24)26-23(3,4)5/h11-12,14-15,17-18,21H,6-10,13,16,19-20H2,1-5H3/b12-11-,15-14-,18-17-. The predicted octanol–water partition coefficient (Wildman–Crippen LogP) is 6.54. The Morgan fingerprint density at radius 2 is 1.46 bits per heavy atom. The van der Waals surface area contributed by atoms with Crippen LogP contribution in [0.1, 0.15) is 86.0 Å². The summed E-state index contributed by atoms with van der Waals surface area (Å²) in [5.41, 5.74) is -0.467. The molecule has 0 N–H and O–H groups in total. The minimum absolute atomic E-state index is 0.269. The van der Waals surface area contributed by atoms with Gasteiger partial charge < -0.3 is 9.47 Å². The number of hydrogen-bond acceptors (Lipinski definition) is 3. The number of unbranched alkanes of at least 4 members (excludes halogenated alkanes) is 3. The van der Waals surface area contributed by atoms with Crippen LogP contribution in [0, 0.1) is 0 Å². The van der Waals surface area contributed by atoms with Crippen molar-refractivity contribution in [2.75, 3.05) is 6.61 Å². The smallest absolute Gasteiger partial charge is 0.335 e. The van der Waals surface area contributed by atoms with Gasteiger partial charge in [-0.15, -0.1) is 0 Å². The Morgan fingerprint density at radius 3 is 2.00 bits per heavy atom. The van der Waals surface area contributed by atoms with E-state index in [4.69, 9.17) is 9.47 Å². The number of carbonyl (C=O) groups is 1. The minimum atomic E-state index is -0.467. The van der Waals surface area contributed by atoms with E-state index in [9.17, 15) is 4.79 Å². The molecule has 0 bridgehead atoms. The van der Waals surface area contributed by atoms with Crippen LogP contribution in [-0.2, 0) is 14.3 Å². The van der Waals surface area contributed by atoms with Gasteiger partial charge in [0.05, 0.1) is 6.61 Å². The van der Waals surface area contributed by atoms with Crippen molar-refractivity contribution in [3.05, 3.63) is 36.5 Å². The highest BCUT2D eigenvalue weighted by Gasteiger charge is 2.24. The molecular formula is C23H40O3. The number of rotatable bonds is 14. The summed E-state index contributed by atoms with van der Waals surface area (Å²) in [7, 11) is 0. The highest BCUT2D eigenvalue weighted by Crippen LogP contribution is 2.11. The lowest BCUT2D eigenvalue weighted by molar-refractivity contribution is -0.168. The van der Waals surface area contributed by atoms with E-state index in [-0.39, 0.29) is 5.97 Å². The van der Waals surface area contributed by atoms with Gasteiger partial charge in [0.15, 0.2) is 6.10 Å². The topological polar surface area (TPSA) is 35.5 Å². The van der Waals surface area contributed by atoms with Crippen LogP contribution in [0.2, 0.25) is 0 Å². The number of esters is 1. The highest BCUT2D eigenvalue weighted by atomic mass is 16.6. The van der Waals surface area contributed by atoms with Gasteiger partial charge in [-0.3, -0.25) is 0 Å². The Kier molecular flexibility index (Phi) is 15.0. The number of ether oxygens (including phenoxy) is 2. The maximum atomic E-state index is 12.0. The van der Waals surface area contributed by atoms with E-state index in [0.717, 1.165) is 19.3 Å². The third kappa shape index (κ3) is 16.1. The molecule has 1 atom stereocenters. The van der Waals surface area contributed by atoms with Gasteiger partial charge in [0.25, 0.3) is 0 Å². The molecule has 3 heteroatoms. The molecule has 26 heavy (non-hydrogen) atoms. The third-order valence-corrected chi connectivity index (χ3v) is 3.66. The van der Waals surface area contributed by atoms with E-state index >= 15 is 0 Å². The van der Waals surface area contributed by atoms with Crippen molar-refractivity contribution < 1.29 is 14.3 Å². The van der Waals surface area contributed by atoms with Crippen LogP contribution in [0.25, 0.3) is 0 Å². The van der Waals surface area contributed by atoms with Crippen molar-refractivity contribution in [3.8, 4) is 0 Å². The first-order chi connectivity index (χ1) is 12.4. The average molecular weight is 365 g/mol. The molecular weight excluding hydrogens is 324 g/mol. The molecule has 0 spiro atoms. The number of allylic oxidation sites excluding steroid dienone is 5. The minimum Gasteiger partial charge on any atom is -0.458 e. The van der Waals surface area contributed by atoms with E-state index in [2.05, 4.69) is 43.4 Å². The molecule has 0 heterocycles. The average Bonchev–Trinajstić information content (AvgIpc) is 2.57. The van der Waals surface area contributed by atoms with Crippen LogP contribution in [0.3, 0.4) is 0 Å². The van der Waals surface area contributed by atoms with Crippen LogP contribution < -0.4 is 0 Å². The summed E-state index contributed by atoms with van der Waals surface area (Å²) in [6.45, 7) is 10.3. The molecule has 0 aliphatic carbocycles. The molecule has 0 aromatic heterocycles. The van der Waals surface area contributed by atoms with E-state index in [1.165, 1.54) is 25.7 Å². The van der Waals surface area contributed by atoms with Gasteiger partial charge in [-0.2, -0.15) is 0 Å². The molecule has 0 aromatic carbocycles. The fourth-order valence-electron chi connectivity index (χ4n) is 2.29. The van der Waals surface area contributed by atoms with E-state index in [0.29, 0.717) is 13.0 Å². The lowest BCUT2D eigenvalue weighted by Crippen LogP contribution is -2.33. The van der Waals surface area contributed by atoms with Gasteiger partial charge in [-0.25, -0.2) is 4.79 Å². The Hall–Kier alpha value is -1.35. The second-order valence-corrected chi connectivity index (χ2v) is 7.47. The van der Waals surface area contributed by atoms with E-state index in [1.54, 1.807) is 0 Å². The second kappa shape index (κ2) is 15.9. The normalized spacial score (nSPS) is 13.9. The lowest BCUT2D eigenvalue weighted by Gasteiger charge is -2.23. The van der Waals surface area contributed by atoms with E-state index in [1.807, 2.05) is 27.7 Å². The monoisotopic (exact) mass is 364 g/mol.